The lowest BCUT2D eigenvalue weighted by Crippen LogP contribution is -2.52. The number of rotatable bonds is 5. The molecular weight excluding hydrogens is 288 g/mol. The van der Waals surface area contributed by atoms with Crippen molar-refractivity contribution < 1.29 is 9.53 Å². The number of benzene rings is 1. The predicted molar refractivity (Wildman–Crippen MR) is 91.2 cm³/mol. The zero-order valence-corrected chi connectivity index (χ0v) is 14.3. The van der Waals surface area contributed by atoms with E-state index < -0.39 is 0 Å². The molecule has 2 aliphatic rings. The Morgan fingerprint density at radius 1 is 1.35 bits per heavy atom. The minimum Gasteiger partial charge on any atom is -0.376 e. The highest BCUT2D eigenvalue weighted by Crippen LogP contribution is 2.23. The molecule has 1 aromatic rings. The summed E-state index contributed by atoms with van der Waals surface area (Å²) < 4.78 is 5.61. The molecule has 2 heterocycles. The standard InChI is InChI=1S/C19H28N2O2/c1-14(2)18(19(22)20-12-17-8-5-11-23-17)21-10-9-15-6-3-4-7-16(15)13-21/h3-4,6-7,14,17-18H,5,8-13H2,1-2H3,(H,20,22)/t17-,18-/m0/s1. The number of amides is 1. The number of fused-ring (bicyclic) bond motifs is 1. The van der Waals surface area contributed by atoms with E-state index in [2.05, 4.69) is 48.3 Å². The molecule has 3 rings (SSSR count). The molecule has 1 saturated heterocycles. The summed E-state index contributed by atoms with van der Waals surface area (Å²) in [4.78, 5) is 15.1. The number of nitrogens with one attached hydrogen (secondary N) is 1. The van der Waals surface area contributed by atoms with Gasteiger partial charge in [0.25, 0.3) is 0 Å². The fourth-order valence-corrected chi connectivity index (χ4v) is 3.77. The van der Waals surface area contributed by atoms with E-state index in [0.29, 0.717) is 12.5 Å². The third kappa shape index (κ3) is 3.93. The van der Waals surface area contributed by atoms with Gasteiger partial charge in [0, 0.05) is 26.2 Å². The van der Waals surface area contributed by atoms with Crippen LogP contribution in [0.4, 0.5) is 0 Å². The van der Waals surface area contributed by atoms with Gasteiger partial charge in [-0.05, 0) is 36.3 Å². The van der Waals surface area contributed by atoms with Gasteiger partial charge in [0.05, 0.1) is 12.1 Å². The first kappa shape index (κ1) is 16.5. The van der Waals surface area contributed by atoms with E-state index in [1.54, 1.807) is 0 Å². The van der Waals surface area contributed by atoms with E-state index in [4.69, 9.17) is 4.74 Å². The quantitative estimate of drug-likeness (QED) is 0.907. The van der Waals surface area contributed by atoms with Crippen LogP contribution in [0.3, 0.4) is 0 Å². The summed E-state index contributed by atoms with van der Waals surface area (Å²) in [6.07, 6.45) is 3.40. The molecule has 126 valence electrons. The molecule has 2 atom stereocenters. The Bertz CT molecular complexity index is 538. The average molecular weight is 316 g/mol. The highest BCUT2D eigenvalue weighted by molar-refractivity contribution is 5.82. The third-order valence-corrected chi connectivity index (χ3v) is 4.98. The molecule has 0 spiro atoms. The second-order valence-corrected chi connectivity index (χ2v) is 7.06. The summed E-state index contributed by atoms with van der Waals surface area (Å²) in [5, 5.41) is 3.12. The van der Waals surface area contributed by atoms with Gasteiger partial charge in [-0.15, -0.1) is 0 Å². The van der Waals surface area contributed by atoms with Crippen LogP contribution >= 0.6 is 0 Å². The molecule has 0 aromatic heterocycles. The maximum atomic E-state index is 12.7. The SMILES string of the molecule is CC(C)[C@@H](C(=O)NC[C@@H]1CCCO1)N1CCc2ccccc2C1. The average Bonchev–Trinajstić information content (AvgIpc) is 3.06. The van der Waals surface area contributed by atoms with Crippen LogP contribution in [0.15, 0.2) is 24.3 Å². The number of ether oxygens (including phenoxy) is 1. The molecule has 0 aliphatic carbocycles. The summed E-state index contributed by atoms with van der Waals surface area (Å²) in [5.74, 6) is 0.444. The van der Waals surface area contributed by atoms with Gasteiger partial charge in [0.1, 0.15) is 0 Å². The molecule has 1 amide bonds. The summed E-state index contributed by atoms with van der Waals surface area (Å²) in [6.45, 7) is 7.57. The second kappa shape index (κ2) is 7.45. The van der Waals surface area contributed by atoms with Crippen LogP contribution in [0.25, 0.3) is 0 Å². The van der Waals surface area contributed by atoms with Crippen LogP contribution in [0.1, 0.15) is 37.8 Å². The zero-order chi connectivity index (χ0) is 16.2. The second-order valence-electron chi connectivity index (χ2n) is 7.06. The minimum absolute atomic E-state index is 0.0650. The van der Waals surface area contributed by atoms with Crippen molar-refractivity contribution in [1.29, 1.82) is 0 Å². The Morgan fingerprint density at radius 3 is 2.83 bits per heavy atom. The van der Waals surface area contributed by atoms with E-state index in [1.807, 2.05) is 0 Å². The molecule has 1 N–H and O–H groups in total. The Kier molecular flexibility index (Phi) is 5.34. The molecule has 0 bridgehead atoms. The van der Waals surface area contributed by atoms with E-state index in [9.17, 15) is 4.79 Å². The molecule has 23 heavy (non-hydrogen) atoms. The van der Waals surface area contributed by atoms with Crippen molar-refractivity contribution in [3.8, 4) is 0 Å². The lowest BCUT2D eigenvalue weighted by molar-refractivity contribution is -0.129. The lowest BCUT2D eigenvalue weighted by Gasteiger charge is -2.37. The molecule has 4 heteroatoms. The molecule has 0 unspecified atom stereocenters. The minimum atomic E-state index is -0.0650. The van der Waals surface area contributed by atoms with Gasteiger partial charge in [-0.25, -0.2) is 0 Å². The topological polar surface area (TPSA) is 41.6 Å². The number of hydrogen-bond donors (Lipinski definition) is 1. The lowest BCUT2D eigenvalue weighted by atomic mass is 9.94. The molecule has 1 aromatic carbocycles. The number of carbonyl (C=O) groups excluding carboxylic acids is 1. The van der Waals surface area contributed by atoms with Gasteiger partial charge in [0.15, 0.2) is 0 Å². The molecular formula is C19H28N2O2. The molecule has 0 radical (unpaired) electrons. The van der Waals surface area contributed by atoms with Crippen molar-refractivity contribution in [2.75, 3.05) is 19.7 Å². The first-order chi connectivity index (χ1) is 11.1. The summed E-state index contributed by atoms with van der Waals surface area (Å²) in [5.41, 5.74) is 2.78. The summed E-state index contributed by atoms with van der Waals surface area (Å²) >= 11 is 0. The van der Waals surface area contributed by atoms with Gasteiger partial charge in [-0.1, -0.05) is 38.1 Å². The van der Waals surface area contributed by atoms with Crippen molar-refractivity contribution in [2.45, 2.75) is 51.8 Å². The van der Waals surface area contributed by atoms with Crippen LogP contribution < -0.4 is 5.32 Å². The van der Waals surface area contributed by atoms with Crippen LogP contribution in [-0.2, 0) is 22.5 Å². The number of hydrogen-bond acceptors (Lipinski definition) is 3. The Hall–Kier alpha value is -1.39. The van der Waals surface area contributed by atoms with Crippen molar-refractivity contribution in [2.24, 2.45) is 5.92 Å². The van der Waals surface area contributed by atoms with Crippen LogP contribution in [0.5, 0.6) is 0 Å². The van der Waals surface area contributed by atoms with Crippen molar-refractivity contribution in [3.63, 3.8) is 0 Å². The van der Waals surface area contributed by atoms with E-state index in [1.165, 1.54) is 11.1 Å². The van der Waals surface area contributed by atoms with Crippen molar-refractivity contribution >= 4 is 5.91 Å². The number of nitrogens with zero attached hydrogens (tertiary/aromatic N) is 1. The van der Waals surface area contributed by atoms with Gasteiger partial charge in [-0.3, -0.25) is 9.69 Å². The zero-order valence-electron chi connectivity index (χ0n) is 14.3. The Balaban J connectivity index is 1.63. The largest absolute Gasteiger partial charge is 0.376 e. The third-order valence-electron chi connectivity index (χ3n) is 4.98. The van der Waals surface area contributed by atoms with Gasteiger partial charge >= 0.3 is 0 Å². The molecule has 2 aliphatic heterocycles. The van der Waals surface area contributed by atoms with Gasteiger partial charge in [-0.2, -0.15) is 0 Å². The maximum absolute atomic E-state index is 12.7. The van der Waals surface area contributed by atoms with Crippen molar-refractivity contribution in [3.05, 3.63) is 35.4 Å². The fraction of sp³-hybridized carbons (Fsp3) is 0.632. The molecule has 1 fully saturated rings. The predicted octanol–water partition coefficient (Wildman–Crippen LogP) is 2.36. The van der Waals surface area contributed by atoms with Crippen LogP contribution in [-0.4, -0.2) is 42.6 Å². The summed E-state index contributed by atoms with van der Waals surface area (Å²) in [6, 6.07) is 8.51. The smallest absolute Gasteiger partial charge is 0.237 e. The van der Waals surface area contributed by atoms with E-state index in [-0.39, 0.29) is 18.1 Å². The van der Waals surface area contributed by atoms with Crippen molar-refractivity contribution in [1.82, 2.24) is 10.2 Å². The Labute approximate surface area is 139 Å². The normalized spacial score (nSPS) is 22.8. The van der Waals surface area contributed by atoms with E-state index in [0.717, 1.165) is 39.0 Å². The van der Waals surface area contributed by atoms with Crippen LogP contribution in [0.2, 0.25) is 0 Å². The fourth-order valence-electron chi connectivity index (χ4n) is 3.77. The Morgan fingerprint density at radius 2 is 2.13 bits per heavy atom. The molecule has 4 nitrogen and oxygen atoms in total. The van der Waals surface area contributed by atoms with Crippen LogP contribution in [0, 0.1) is 5.92 Å². The highest BCUT2D eigenvalue weighted by atomic mass is 16.5. The van der Waals surface area contributed by atoms with E-state index >= 15 is 0 Å². The van der Waals surface area contributed by atoms with Gasteiger partial charge < -0.3 is 10.1 Å². The first-order valence-electron chi connectivity index (χ1n) is 8.85. The highest BCUT2D eigenvalue weighted by Gasteiger charge is 2.31. The first-order valence-corrected chi connectivity index (χ1v) is 8.85. The number of carbonyl (C=O) groups is 1. The maximum Gasteiger partial charge on any atom is 0.237 e. The summed E-state index contributed by atoms with van der Waals surface area (Å²) in [7, 11) is 0. The monoisotopic (exact) mass is 316 g/mol. The van der Waals surface area contributed by atoms with Gasteiger partial charge in [0.2, 0.25) is 5.91 Å². The molecule has 0 saturated carbocycles.